The lowest BCUT2D eigenvalue weighted by Gasteiger charge is -2.12. The summed E-state index contributed by atoms with van der Waals surface area (Å²) in [7, 11) is 0. The normalized spacial score (nSPS) is 12.2. The average molecular weight is 437 g/mol. The van der Waals surface area contributed by atoms with Crippen molar-refractivity contribution in [2.75, 3.05) is 13.2 Å². The molecule has 0 saturated carbocycles. The first-order valence-corrected chi connectivity index (χ1v) is 11.6. The number of ether oxygens (including phenoxy) is 1. The summed E-state index contributed by atoms with van der Waals surface area (Å²) in [6.45, 7) is 14.0. The van der Waals surface area contributed by atoms with Crippen LogP contribution in [0, 0.1) is 13.8 Å². The average Bonchev–Trinajstić information content (AvgIpc) is 3.24. The zero-order valence-corrected chi connectivity index (χ0v) is 19.5. The monoisotopic (exact) mass is 436 g/mol. The first-order chi connectivity index (χ1) is 13.7. The van der Waals surface area contributed by atoms with Crippen LogP contribution in [-0.4, -0.2) is 32.9 Å². The summed E-state index contributed by atoms with van der Waals surface area (Å²) in [6, 6.07) is 0. The van der Waals surface area contributed by atoms with Crippen molar-refractivity contribution in [1.29, 1.82) is 0 Å². The van der Waals surface area contributed by atoms with Gasteiger partial charge in [-0.2, -0.15) is 4.98 Å². The van der Waals surface area contributed by atoms with Crippen LogP contribution in [0.15, 0.2) is 14.5 Å². The van der Waals surface area contributed by atoms with E-state index < -0.39 is 0 Å². The minimum Gasteiger partial charge on any atom is -0.382 e. The molecule has 0 fully saturated rings. The van der Waals surface area contributed by atoms with E-state index in [0.717, 1.165) is 27.1 Å². The van der Waals surface area contributed by atoms with Crippen molar-refractivity contribution in [3.63, 3.8) is 0 Å². The van der Waals surface area contributed by atoms with Crippen molar-refractivity contribution in [1.82, 2.24) is 19.7 Å². The lowest BCUT2D eigenvalue weighted by molar-refractivity contribution is 0.140. The third-order valence-electron chi connectivity index (χ3n) is 4.59. The highest BCUT2D eigenvalue weighted by molar-refractivity contribution is 7.98. The summed E-state index contributed by atoms with van der Waals surface area (Å²) >= 11 is 3.02. The Bertz CT molecular complexity index is 1050. The molecule has 3 heterocycles. The Labute approximate surface area is 178 Å². The summed E-state index contributed by atoms with van der Waals surface area (Å²) < 4.78 is 12.6. The van der Waals surface area contributed by atoms with E-state index in [9.17, 15) is 4.79 Å². The molecule has 0 saturated heterocycles. The molecule has 0 aromatic carbocycles. The summed E-state index contributed by atoms with van der Waals surface area (Å²) in [5.41, 5.74) is 0.859. The summed E-state index contributed by atoms with van der Waals surface area (Å²) in [6.07, 6.45) is 0.755. The number of thioether (sulfide) groups is 1. The van der Waals surface area contributed by atoms with Crippen LogP contribution in [-0.2, 0) is 22.4 Å². The molecule has 0 radical (unpaired) electrons. The Balaban J connectivity index is 1.90. The molecule has 0 N–H and O–H groups in total. The molecule has 3 aromatic heterocycles. The summed E-state index contributed by atoms with van der Waals surface area (Å²) in [4.78, 5) is 24.4. The maximum atomic E-state index is 13.2. The van der Waals surface area contributed by atoms with Gasteiger partial charge in [0.05, 0.1) is 11.1 Å². The van der Waals surface area contributed by atoms with Crippen LogP contribution in [0.5, 0.6) is 0 Å². The van der Waals surface area contributed by atoms with E-state index in [1.165, 1.54) is 11.8 Å². The van der Waals surface area contributed by atoms with E-state index in [4.69, 9.17) is 14.2 Å². The predicted octanol–water partition coefficient (Wildman–Crippen LogP) is 4.47. The minimum absolute atomic E-state index is 0.0109. The van der Waals surface area contributed by atoms with Gasteiger partial charge in [-0.1, -0.05) is 37.7 Å². The van der Waals surface area contributed by atoms with E-state index in [0.29, 0.717) is 42.4 Å². The van der Waals surface area contributed by atoms with Gasteiger partial charge in [0.2, 0.25) is 5.89 Å². The van der Waals surface area contributed by atoms with Gasteiger partial charge in [-0.15, -0.1) is 11.3 Å². The van der Waals surface area contributed by atoms with Crippen LogP contribution in [0.2, 0.25) is 0 Å². The number of rotatable bonds is 8. The number of hydrogen-bond donors (Lipinski definition) is 0. The smallest absolute Gasteiger partial charge is 0.263 e. The van der Waals surface area contributed by atoms with Gasteiger partial charge in [0.15, 0.2) is 11.0 Å². The molecular formula is C20H28N4O3S2. The van der Waals surface area contributed by atoms with Gasteiger partial charge in [-0.05, 0) is 32.8 Å². The van der Waals surface area contributed by atoms with Gasteiger partial charge < -0.3 is 9.26 Å². The van der Waals surface area contributed by atoms with Crippen molar-refractivity contribution < 1.29 is 9.26 Å². The Hall–Kier alpha value is -1.71. The maximum absolute atomic E-state index is 13.2. The fraction of sp³-hybridized carbons (Fsp3) is 0.600. The molecule has 0 aliphatic rings. The molecule has 0 amide bonds. The highest BCUT2D eigenvalue weighted by atomic mass is 32.2. The van der Waals surface area contributed by atoms with Crippen molar-refractivity contribution in [2.24, 2.45) is 0 Å². The third kappa shape index (κ3) is 4.90. The molecule has 3 rings (SSSR count). The van der Waals surface area contributed by atoms with Crippen LogP contribution in [0.4, 0.5) is 0 Å². The molecule has 3 aromatic rings. The van der Waals surface area contributed by atoms with Crippen molar-refractivity contribution in [2.45, 2.75) is 70.8 Å². The number of nitrogens with zero attached hydrogens (tertiary/aromatic N) is 4. The van der Waals surface area contributed by atoms with Crippen LogP contribution in [0.1, 0.15) is 56.3 Å². The van der Waals surface area contributed by atoms with E-state index in [1.807, 2.05) is 41.5 Å². The molecule has 0 aliphatic heterocycles. The van der Waals surface area contributed by atoms with Gasteiger partial charge in [0.1, 0.15) is 4.83 Å². The molecule has 158 valence electrons. The summed E-state index contributed by atoms with van der Waals surface area (Å²) in [5.74, 6) is 1.68. The van der Waals surface area contributed by atoms with Crippen molar-refractivity contribution in [3.8, 4) is 0 Å². The second-order valence-electron chi connectivity index (χ2n) is 7.92. The van der Waals surface area contributed by atoms with E-state index in [2.05, 4.69) is 10.1 Å². The zero-order valence-electron chi connectivity index (χ0n) is 17.9. The van der Waals surface area contributed by atoms with Gasteiger partial charge in [-0.3, -0.25) is 9.36 Å². The Morgan fingerprint density at radius 3 is 2.66 bits per heavy atom. The number of thiophene rings is 1. The fourth-order valence-corrected chi connectivity index (χ4v) is 4.76. The second kappa shape index (κ2) is 8.97. The number of aromatic nitrogens is 4. The molecule has 0 atom stereocenters. The topological polar surface area (TPSA) is 83.0 Å². The zero-order chi connectivity index (χ0) is 21.2. The fourth-order valence-electron chi connectivity index (χ4n) is 2.83. The van der Waals surface area contributed by atoms with Crippen molar-refractivity contribution in [3.05, 3.63) is 32.5 Å². The van der Waals surface area contributed by atoms with Crippen LogP contribution < -0.4 is 5.56 Å². The molecule has 0 bridgehead atoms. The second-order valence-corrected chi connectivity index (χ2v) is 10.1. The largest absolute Gasteiger partial charge is 0.382 e. The number of aryl methyl sites for hydroxylation is 2. The highest BCUT2D eigenvalue weighted by Crippen LogP contribution is 2.29. The van der Waals surface area contributed by atoms with Crippen molar-refractivity contribution >= 4 is 33.3 Å². The third-order valence-corrected chi connectivity index (χ3v) is 6.65. The van der Waals surface area contributed by atoms with E-state index >= 15 is 0 Å². The SMILES string of the molecule is CCOCCCn1c(SCc2nc(C(C)(C)C)no2)nc2sc(C)c(C)c2c1=O. The van der Waals surface area contributed by atoms with Crippen LogP contribution in [0.25, 0.3) is 10.2 Å². The first-order valence-electron chi connectivity index (χ1n) is 9.76. The lowest BCUT2D eigenvalue weighted by atomic mass is 9.96. The van der Waals surface area contributed by atoms with Gasteiger partial charge in [0, 0.05) is 30.1 Å². The van der Waals surface area contributed by atoms with Gasteiger partial charge in [-0.25, -0.2) is 4.98 Å². The quantitative estimate of drug-likeness (QED) is 0.292. The highest BCUT2D eigenvalue weighted by Gasteiger charge is 2.22. The maximum Gasteiger partial charge on any atom is 0.263 e. The van der Waals surface area contributed by atoms with Crippen LogP contribution in [0.3, 0.4) is 0 Å². The van der Waals surface area contributed by atoms with E-state index in [1.54, 1.807) is 15.9 Å². The molecule has 0 aliphatic carbocycles. The van der Waals surface area contributed by atoms with Gasteiger partial charge in [0.25, 0.3) is 5.56 Å². The molecule has 7 nitrogen and oxygen atoms in total. The predicted molar refractivity (Wildman–Crippen MR) is 117 cm³/mol. The minimum atomic E-state index is -0.170. The molecule has 9 heteroatoms. The molecular weight excluding hydrogens is 408 g/mol. The van der Waals surface area contributed by atoms with E-state index in [-0.39, 0.29) is 11.0 Å². The standard InChI is InChI=1S/C20H28N4O3S2/c1-7-26-10-8-9-24-17(25)15-12(2)13(3)29-16(15)22-19(24)28-11-14-21-18(23-27-14)20(4,5)6/h7-11H2,1-6H3. The van der Waals surface area contributed by atoms with Gasteiger partial charge >= 0.3 is 0 Å². The molecule has 0 unspecified atom stereocenters. The lowest BCUT2D eigenvalue weighted by Crippen LogP contribution is -2.24. The Kier molecular flexibility index (Phi) is 6.80. The van der Waals surface area contributed by atoms with Crippen LogP contribution >= 0.6 is 23.1 Å². The molecule has 0 spiro atoms. The number of fused-ring (bicyclic) bond motifs is 1. The Morgan fingerprint density at radius 1 is 1.24 bits per heavy atom. The first kappa shape index (κ1) is 22.0. The Morgan fingerprint density at radius 2 is 2.00 bits per heavy atom. The summed E-state index contributed by atoms with van der Waals surface area (Å²) in [5, 5.41) is 5.47. The number of hydrogen-bond acceptors (Lipinski definition) is 8. The molecule has 29 heavy (non-hydrogen) atoms.